The van der Waals surface area contributed by atoms with Crippen LogP contribution in [0.25, 0.3) is 0 Å². The second-order valence-electron chi connectivity index (χ2n) is 4.23. The summed E-state index contributed by atoms with van der Waals surface area (Å²) in [5, 5.41) is 1.82. The van der Waals surface area contributed by atoms with Gasteiger partial charge in [-0.3, -0.25) is 9.69 Å². The first kappa shape index (κ1) is 13.5. The lowest BCUT2D eigenvalue weighted by Crippen LogP contribution is -2.25. The molecule has 0 saturated carbocycles. The van der Waals surface area contributed by atoms with Crippen LogP contribution in [0.2, 0.25) is 0 Å². The number of carbonyl (C=O) groups excluding carboxylic acids is 1. The Morgan fingerprint density at radius 1 is 1.20 bits per heavy atom. The number of hydrogen-bond donors (Lipinski definition) is 0. The average molecular weight is 315 g/mol. The quantitative estimate of drug-likeness (QED) is 0.688. The van der Waals surface area contributed by atoms with Crippen molar-refractivity contribution in [1.82, 2.24) is 0 Å². The van der Waals surface area contributed by atoms with Gasteiger partial charge in [-0.25, -0.2) is 0 Å². The van der Waals surface area contributed by atoms with Crippen molar-refractivity contribution in [2.75, 3.05) is 4.90 Å². The zero-order chi connectivity index (χ0) is 14.5. The van der Waals surface area contributed by atoms with E-state index in [-0.39, 0.29) is 5.91 Å². The van der Waals surface area contributed by atoms with Crippen LogP contribution in [0.4, 0.5) is 24.5 Å². The number of alkyl halides is 3. The number of hydrogen-bond acceptors (Lipinski definition) is 3. The molecular weight excluding hydrogens is 307 g/mol. The van der Waals surface area contributed by atoms with Gasteiger partial charge in [0.05, 0.1) is 21.1 Å². The molecule has 2 nitrogen and oxygen atoms in total. The predicted molar refractivity (Wildman–Crippen MR) is 72.7 cm³/mol. The Morgan fingerprint density at radius 3 is 2.60 bits per heavy atom. The molecule has 1 aliphatic heterocycles. The van der Waals surface area contributed by atoms with E-state index < -0.39 is 11.7 Å². The lowest BCUT2D eigenvalue weighted by molar-refractivity contribution is -0.137. The normalized spacial score (nSPS) is 13.9. The van der Waals surface area contributed by atoms with Crippen molar-refractivity contribution in [2.24, 2.45) is 0 Å². The molecule has 0 fully saturated rings. The van der Waals surface area contributed by atoms with Crippen molar-refractivity contribution in [3.63, 3.8) is 0 Å². The van der Waals surface area contributed by atoms with E-state index in [0.717, 1.165) is 16.3 Å². The van der Waals surface area contributed by atoms with Crippen molar-refractivity contribution in [3.8, 4) is 0 Å². The summed E-state index contributed by atoms with van der Waals surface area (Å²) in [6.07, 6.45) is -4.42. The Morgan fingerprint density at radius 2 is 1.95 bits per heavy atom. The van der Waals surface area contributed by atoms with Crippen molar-refractivity contribution in [1.29, 1.82) is 0 Å². The molecule has 0 radical (unpaired) electrons. The standard InChI is InChI=1S/C13H8F3NOS2/c1-7(18)17-9-4-5-19-12(9)20-11-3-2-8(6-10(11)17)13(14,15)16/h2-6H,1H3. The number of nitrogens with zero attached hydrogens (tertiary/aromatic N) is 1. The fraction of sp³-hybridized carbons (Fsp3) is 0.154. The first-order valence-corrected chi connectivity index (χ1v) is 7.35. The molecule has 1 aromatic carbocycles. The summed E-state index contributed by atoms with van der Waals surface area (Å²) in [6, 6.07) is 5.24. The Labute approximate surface area is 121 Å². The van der Waals surface area contributed by atoms with Gasteiger partial charge in [-0.15, -0.1) is 11.3 Å². The number of fused-ring (bicyclic) bond motifs is 2. The summed E-state index contributed by atoms with van der Waals surface area (Å²) in [4.78, 5) is 13.8. The molecule has 0 atom stereocenters. The van der Waals surface area contributed by atoms with E-state index in [0.29, 0.717) is 16.3 Å². The zero-order valence-electron chi connectivity index (χ0n) is 10.2. The molecule has 0 saturated heterocycles. The Balaban J connectivity index is 2.18. The molecule has 0 bridgehead atoms. The second kappa shape index (κ2) is 4.53. The van der Waals surface area contributed by atoms with Crippen LogP contribution in [0.5, 0.6) is 0 Å². The van der Waals surface area contributed by atoms with Crippen LogP contribution in [0.3, 0.4) is 0 Å². The minimum absolute atomic E-state index is 0.295. The molecule has 1 aromatic heterocycles. The van der Waals surface area contributed by atoms with Crippen molar-refractivity contribution in [2.45, 2.75) is 22.2 Å². The molecular formula is C13H8F3NOS2. The monoisotopic (exact) mass is 315 g/mol. The molecule has 2 aromatic rings. The van der Waals surface area contributed by atoms with Gasteiger partial charge < -0.3 is 0 Å². The maximum atomic E-state index is 12.8. The summed E-state index contributed by atoms with van der Waals surface area (Å²) in [5.41, 5.74) is 0.198. The minimum atomic E-state index is -4.42. The van der Waals surface area contributed by atoms with E-state index in [9.17, 15) is 18.0 Å². The first-order valence-electron chi connectivity index (χ1n) is 5.65. The van der Waals surface area contributed by atoms with Crippen LogP contribution >= 0.6 is 23.1 Å². The Kier molecular flexibility index (Phi) is 3.06. The average Bonchev–Trinajstić information content (AvgIpc) is 2.80. The maximum absolute atomic E-state index is 12.8. The minimum Gasteiger partial charge on any atom is -0.278 e. The molecule has 0 spiro atoms. The van der Waals surface area contributed by atoms with Gasteiger partial charge in [-0.2, -0.15) is 13.2 Å². The van der Waals surface area contributed by atoms with Crippen LogP contribution < -0.4 is 4.90 Å². The van der Waals surface area contributed by atoms with Gasteiger partial charge in [0.1, 0.15) is 0 Å². The highest BCUT2D eigenvalue weighted by molar-refractivity contribution is 8.01. The van der Waals surface area contributed by atoms with E-state index in [1.54, 1.807) is 6.07 Å². The molecule has 7 heteroatoms. The predicted octanol–water partition coefficient (Wildman–Crippen LogP) is 4.92. The number of anilines is 2. The van der Waals surface area contributed by atoms with Gasteiger partial charge in [-0.05, 0) is 29.6 Å². The van der Waals surface area contributed by atoms with Crippen molar-refractivity contribution in [3.05, 3.63) is 35.2 Å². The SMILES string of the molecule is CC(=O)N1c2cc(C(F)(F)F)ccc2Sc2sccc21. The van der Waals surface area contributed by atoms with E-state index in [1.807, 2.05) is 5.38 Å². The number of rotatable bonds is 0. The number of thiophene rings is 1. The van der Waals surface area contributed by atoms with Crippen molar-refractivity contribution < 1.29 is 18.0 Å². The fourth-order valence-electron chi connectivity index (χ4n) is 2.05. The molecule has 0 aliphatic carbocycles. The van der Waals surface area contributed by atoms with Gasteiger partial charge in [0, 0.05) is 11.8 Å². The topological polar surface area (TPSA) is 20.3 Å². The third-order valence-corrected chi connectivity index (χ3v) is 5.09. The third-order valence-electron chi connectivity index (χ3n) is 2.90. The van der Waals surface area contributed by atoms with Gasteiger partial charge >= 0.3 is 6.18 Å². The number of amides is 1. The lowest BCUT2D eigenvalue weighted by atomic mass is 10.1. The molecule has 1 aliphatic rings. The molecule has 0 unspecified atom stereocenters. The highest BCUT2D eigenvalue weighted by atomic mass is 32.2. The summed E-state index contributed by atoms with van der Waals surface area (Å²) in [7, 11) is 0. The molecule has 104 valence electrons. The molecule has 2 heterocycles. The first-order chi connectivity index (χ1) is 9.38. The van der Waals surface area contributed by atoms with E-state index in [1.165, 1.54) is 41.0 Å². The molecule has 0 N–H and O–H groups in total. The second-order valence-corrected chi connectivity index (χ2v) is 6.46. The van der Waals surface area contributed by atoms with Gasteiger partial charge in [-0.1, -0.05) is 11.8 Å². The zero-order valence-corrected chi connectivity index (χ0v) is 11.8. The highest BCUT2D eigenvalue weighted by Gasteiger charge is 2.34. The van der Waals surface area contributed by atoms with Crippen LogP contribution in [-0.2, 0) is 11.0 Å². The lowest BCUT2D eigenvalue weighted by Gasteiger charge is -2.28. The molecule has 3 rings (SSSR count). The smallest absolute Gasteiger partial charge is 0.278 e. The van der Waals surface area contributed by atoms with E-state index >= 15 is 0 Å². The highest BCUT2D eigenvalue weighted by Crippen LogP contribution is 2.51. The summed E-state index contributed by atoms with van der Waals surface area (Å²) < 4.78 is 39.4. The number of halogens is 3. The molecule has 20 heavy (non-hydrogen) atoms. The van der Waals surface area contributed by atoms with Gasteiger partial charge in [0.15, 0.2) is 0 Å². The van der Waals surface area contributed by atoms with Crippen LogP contribution in [0, 0.1) is 0 Å². The fourth-order valence-corrected chi connectivity index (χ4v) is 4.14. The third kappa shape index (κ3) is 2.10. The number of benzene rings is 1. The van der Waals surface area contributed by atoms with E-state index in [2.05, 4.69) is 0 Å². The van der Waals surface area contributed by atoms with E-state index in [4.69, 9.17) is 0 Å². The summed E-state index contributed by atoms with van der Waals surface area (Å²) >= 11 is 2.85. The van der Waals surface area contributed by atoms with Crippen LogP contribution in [-0.4, -0.2) is 5.91 Å². The number of carbonyl (C=O) groups is 1. The molecule has 1 amide bonds. The largest absolute Gasteiger partial charge is 0.416 e. The van der Waals surface area contributed by atoms with Crippen LogP contribution in [0.1, 0.15) is 12.5 Å². The van der Waals surface area contributed by atoms with Gasteiger partial charge in [0.2, 0.25) is 5.91 Å². The van der Waals surface area contributed by atoms with Crippen molar-refractivity contribution >= 4 is 40.4 Å². The summed E-state index contributed by atoms with van der Waals surface area (Å²) in [5.74, 6) is -0.300. The Bertz CT molecular complexity index is 693. The van der Waals surface area contributed by atoms with Crippen LogP contribution in [0.15, 0.2) is 38.8 Å². The Hall–Kier alpha value is -1.47. The van der Waals surface area contributed by atoms with Gasteiger partial charge in [0.25, 0.3) is 0 Å². The maximum Gasteiger partial charge on any atom is 0.416 e. The summed E-state index contributed by atoms with van der Waals surface area (Å²) in [6.45, 7) is 1.35.